The van der Waals surface area contributed by atoms with Crippen LogP contribution in [0.5, 0.6) is 5.75 Å². The van der Waals surface area contributed by atoms with E-state index in [0.717, 1.165) is 70.0 Å². The molecule has 0 spiro atoms. The van der Waals surface area contributed by atoms with Crippen molar-refractivity contribution in [1.29, 1.82) is 0 Å². The van der Waals surface area contributed by atoms with Crippen LogP contribution in [0.1, 0.15) is 101 Å². The highest BCUT2D eigenvalue weighted by Crippen LogP contribution is 2.53. The molecule has 0 saturated carbocycles. The zero-order chi connectivity index (χ0) is 24.1. The van der Waals surface area contributed by atoms with Crippen LogP contribution >= 0.6 is 11.8 Å². The van der Waals surface area contributed by atoms with E-state index in [-0.39, 0.29) is 11.7 Å². The van der Waals surface area contributed by atoms with Crippen LogP contribution in [0.15, 0.2) is 41.3 Å². The van der Waals surface area contributed by atoms with Crippen molar-refractivity contribution in [2.45, 2.75) is 114 Å². The summed E-state index contributed by atoms with van der Waals surface area (Å²) in [4.78, 5) is 3.52. The molecular formula is C30H43NO2S. The van der Waals surface area contributed by atoms with Gasteiger partial charge in [0.25, 0.3) is 0 Å². The number of thioether (sulfide) groups is 1. The monoisotopic (exact) mass is 481 g/mol. The zero-order valence-corrected chi connectivity index (χ0v) is 22.4. The summed E-state index contributed by atoms with van der Waals surface area (Å²) in [7, 11) is 0. The molecule has 2 aromatic carbocycles. The Hall–Kier alpha value is -1.49. The van der Waals surface area contributed by atoms with Gasteiger partial charge in [-0.25, -0.2) is 0 Å². The van der Waals surface area contributed by atoms with Crippen LogP contribution in [-0.4, -0.2) is 27.7 Å². The fourth-order valence-corrected chi connectivity index (χ4v) is 7.62. The van der Waals surface area contributed by atoms with Crippen molar-refractivity contribution in [2.24, 2.45) is 0 Å². The van der Waals surface area contributed by atoms with Gasteiger partial charge in [0, 0.05) is 12.1 Å². The average Bonchev–Trinajstić information content (AvgIpc) is 3.42. The first-order valence-electron chi connectivity index (χ1n) is 13.6. The smallest absolute Gasteiger partial charge is 0.159 e. The number of fused-ring (bicyclic) bond motifs is 1. The maximum atomic E-state index is 10.3. The van der Waals surface area contributed by atoms with Crippen LogP contribution in [0.2, 0.25) is 0 Å². The van der Waals surface area contributed by atoms with Crippen molar-refractivity contribution >= 4 is 11.8 Å². The summed E-state index contributed by atoms with van der Waals surface area (Å²) in [6.45, 7) is 9.11. The number of rotatable bonds is 11. The summed E-state index contributed by atoms with van der Waals surface area (Å²) >= 11 is 1.93. The topological polar surface area (TPSA) is 32.7 Å². The van der Waals surface area contributed by atoms with Gasteiger partial charge in [0.1, 0.15) is 5.75 Å². The third kappa shape index (κ3) is 5.34. The lowest BCUT2D eigenvalue weighted by molar-refractivity contribution is 0.0596. The number of nitrogens with zero attached hydrogens (tertiary/aromatic N) is 1. The number of aliphatic hydroxyl groups excluding tert-OH is 1. The van der Waals surface area contributed by atoms with Gasteiger partial charge < -0.3 is 9.84 Å². The Morgan fingerprint density at radius 1 is 0.971 bits per heavy atom. The minimum atomic E-state index is -0.0933. The second-order valence-corrected chi connectivity index (χ2v) is 11.5. The summed E-state index contributed by atoms with van der Waals surface area (Å²) in [6, 6.07) is 14.5. The molecule has 3 nitrogen and oxygen atoms in total. The Kier molecular flexibility index (Phi) is 8.66. The number of benzene rings is 2. The van der Waals surface area contributed by atoms with Crippen LogP contribution in [0.3, 0.4) is 0 Å². The first-order chi connectivity index (χ1) is 16.6. The molecule has 2 aliphatic rings. The van der Waals surface area contributed by atoms with Crippen LogP contribution in [-0.2, 0) is 19.3 Å². The number of hydrogen-bond acceptors (Lipinski definition) is 4. The molecule has 34 heavy (non-hydrogen) atoms. The SMILES string of the molecule is CCCC1(CCC)Oc2ccc(C3CCC(CCc4ccc(CC)c(CC)c4)N3CO)cc2S1. The molecule has 2 atom stereocenters. The summed E-state index contributed by atoms with van der Waals surface area (Å²) in [5.41, 5.74) is 5.73. The molecule has 0 aromatic heterocycles. The molecule has 2 aliphatic heterocycles. The lowest BCUT2D eigenvalue weighted by Gasteiger charge is -2.28. The van der Waals surface area contributed by atoms with E-state index < -0.39 is 0 Å². The Morgan fingerprint density at radius 2 is 1.74 bits per heavy atom. The largest absolute Gasteiger partial charge is 0.475 e. The van der Waals surface area contributed by atoms with Crippen molar-refractivity contribution in [3.63, 3.8) is 0 Å². The molecule has 2 unspecified atom stereocenters. The lowest BCUT2D eigenvalue weighted by atomic mass is 9.96. The van der Waals surface area contributed by atoms with Gasteiger partial charge in [-0.15, -0.1) is 0 Å². The van der Waals surface area contributed by atoms with Gasteiger partial charge in [0.05, 0.1) is 11.6 Å². The van der Waals surface area contributed by atoms with Crippen LogP contribution in [0.4, 0.5) is 0 Å². The van der Waals surface area contributed by atoms with E-state index in [4.69, 9.17) is 4.74 Å². The van der Waals surface area contributed by atoms with E-state index in [0.29, 0.717) is 12.1 Å². The van der Waals surface area contributed by atoms with E-state index in [1.54, 1.807) is 0 Å². The molecule has 0 amide bonds. The summed E-state index contributed by atoms with van der Waals surface area (Å²) < 4.78 is 6.49. The Balaban J connectivity index is 1.44. The predicted octanol–water partition coefficient (Wildman–Crippen LogP) is 7.68. The van der Waals surface area contributed by atoms with E-state index >= 15 is 0 Å². The van der Waals surface area contributed by atoms with E-state index in [1.165, 1.54) is 27.1 Å². The van der Waals surface area contributed by atoms with Crippen molar-refractivity contribution in [3.8, 4) is 5.75 Å². The molecule has 4 heteroatoms. The van der Waals surface area contributed by atoms with E-state index in [1.807, 2.05) is 11.8 Å². The third-order valence-corrected chi connectivity index (χ3v) is 9.21. The van der Waals surface area contributed by atoms with Gasteiger partial charge >= 0.3 is 0 Å². The number of ether oxygens (including phenoxy) is 1. The standard InChI is InChI=1S/C30H43NO2S/c1-5-17-30(18-6-2)33-28-16-12-25(20-29(28)34-30)27-15-14-26(31(27)21-32)13-10-22-9-11-23(7-3)24(8-4)19-22/h9,11-12,16,19-20,26-27,32H,5-8,10,13-15,17-18,21H2,1-4H3. The van der Waals surface area contributed by atoms with E-state index in [9.17, 15) is 5.11 Å². The second-order valence-electron chi connectivity index (χ2n) is 10.1. The molecule has 1 N–H and O–H groups in total. The van der Waals surface area contributed by atoms with Gasteiger partial charge in [0.15, 0.2) is 4.93 Å². The average molecular weight is 482 g/mol. The number of likely N-dealkylation sites (tertiary alicyclic amines) is 1. The zero-order valence-electron chi connectivity index (χ0n) is 21.6. The Labute approximate surface area is 211 Å². The molecule has 1 saturated heterocycles. The molecular weight excluding hydrogens is 438 g/mol. The molecule has 0 aliphatic carbocycles. The molecule has 0 bridgehead atoms. The minimum absolute atomic E-state index is 0.0933. The first-order valence-corrected chi connectivity index (χ1v) is 14.4. The fourth-order valence-electron chi connectivity index (χ4n) is 6.07. The maximum absolute atomic E-state index is 10.3. The predicted molar refractivity (Wildman–Crippen MR) is 144 cm³/mol. The lowest BCUT2D eigenvalue weighted by Crippen LogP contribution is -2.32. The Bertz CT molecular complexity index is 953. The van der Waals surface area contributed by atoms with Crippen molar-refractivity contribution < 1.29 is 9.84 Å². The molecule has 1 fully saturated rings. The van der Waals surface area contributed by atoms with Gasteiger partial charge in [-0.2, -0.15) is 0 Å². The van der Waals surface area contributed by atoms with Crippen LogP contribution in [0.25, 0.3) is 0 Å². The van der Waals surface area contributed by atoms with Crippen LogP contribution in [0, 0.1) is 0 Å². The summed E-state index contributed by atoms with van der Waals surface area (Å²) in [6.07, 6.45) is 11.1. The van der Waals surface area contributed by atoms with Crippen molar-refractivity contribution in [2.75, 3.05) is 6.73 Å². The molecule has 0 radical (unpaired) electrons. The molecule has 4 rings (SSSR count). The molecule has 186 valence electrons. The van der Waals surface area contributed by atoms with Gasteiger partial charge in [-0.3, -0.25) is 4.90 Å². The van der Waals surface area contributed by atoms with Crippen molar-refractivity contribution in [3.05, 3.63) is 58.7 Å². The highest BCUT2D eigenvalue weighted by atomic mass is 32.2. The minimum Gasteiger partial charge on any atom is -0.475 e. The highest BCUT2D eigenvalue weighted by molar-refractivity contribution is 8.00. The van der Waals surface area contributed by atoms with Crippen LogP contribution < -0.4 is 4.74 Å². The molecule has 2 aromatic rings. The summed E-state index contributed by atoms with van der Waals surface area (Å²) in [5.74, 6) is 1.04. The number of aryl methyl sites for hydroxylation is 3. The van der Waals surface area contributed by atoms with Gasteiger partial charge in [0.2, 0.25) is 0 Å². The molecule has 2 heterocycles. The van der Waals surface area contributed by atoms with Crippen molar-refractivity contribution in [1.82, 2.24) is 4.90 Å². The maximum Gasteiger partial charge on any atom is 0.159 e. The third-order valence-electron chi connectivity index (χ3n) is 7.81. The fraction of sp³-hybridized carbons (Fsp3) is 0.600. The van der Waals surface area contributed by atoms with E-state index in [2.05, 4.69) is 69.0 Å². The summed E-state index contributed by atoms with van der Waals surface area (Å²) in [5, 5.41) is 10.3. The van der Waals surface area contributed by atoms with Gasteiger partial charge in [-0.05, 0) is 85.8 Å². The first kappa shape index (κ1) is 25.6. The van der Waals surface area contributed by atoms with Gasteiger partial charge in [-0.1, -0.05) is 76.6 Å². The Morgan fingerprint density at radius 3 is 2.41 bits per heavy atom. The normalized spacial score (nSPS) is 21.6. The highest BCUT2D eigenvalue weighted by Gasteiger charge is 2.40. The quantitative estimate of drug-likeness (QED) is 0.357. The number of aliphatic hydroxyl groups is 1. The second kappa shape index (κ2) is 11.5. The number of hydrogen-bond donors (Lipinski definition) is 1.